The van der Waals surface area contributed by atoms with Gasteiger partial charge in [0.1, 0.15) is 12.2 Å². The Morgan fingerprint density at radius 3 is 2.71 bits per heavy atom. The summed E-state index contributed by atoms with van der Waals surface area (Å²) in [6, 6.07) is -0.479. The number of likely N-dealkylation sites (tertiary alicyclic amines) is 1. The molecule has 0 radical (unpaired) electrons. The van der Waals surface area contributed by atoms with Crippen molar-refractivity contribution in [2.45, 2.75) is 79.8 Å². The van der Waals surface area contributed by atoms with Crippen molar-refractivity contribution >= 4 is 23.4 Å². The Balaban J connectivity index is 1.22. The summed E-state index contributed by atoms with van der Waals surface area (Å²) < 4.78 is 14.0. The first-order valence-electron chi connectivity index (χ1n) is 11.6. The predicted octanol–water partition coefficient (Wildman–Crippen LogP) is -0.251. The Morgan fingerprint density at radius 1 is 1.23 bits per heavy atom. The molecule has 5 aliphatic rings. The van der Waals surface area contributed by atoms with Crippen molar-refractivity contribution in [2.24, 2.45) is 11.8 Å². The van der Waals surface area contributed by atoms with Crippen LogP contribution in [0.1, 0.15) is 38.5 Å². The number of hydrazine groups is 1. The molecular weight excluding hydrogens is 425 g/mol. The van der Waals surface area contributed by atoms with Gasteiger partial charge in [-0.3, -0.25) is 15.0 Å². The number of aliphatic hydroxyl groups excluding tert-OH is 1. The molecule has 0 bridgehead atoms. The molecule has 3 saturated heterocycles. The molecule has 2 aliphatic carbocycles. The number of carbonyl (C=O) groups excluding carboxylic acids is 2. The lowest BCUT2D eigenvalue weighted by Crippen LogP contribution is -2.56. The van der Waals surface area contributed by atoms with Crippen molar-refractivity contribution in [3.05, 3.63) is 0 Å². The molecule has 174 valence electrons. The zero-order chi connectivity index (χ0) is 21.9. The van der Waals surface area contributed by atoms with E-state index in [1.54, 1.807) is 11.9 Å². The normalized spacial score (nSPS) is 43.3. The number of amides is 2. The van der Waals surface area contributed by atoms with Gasteiger partial charge in [-0.05, 0) is 44.4 Å². The lowest BCUT2D eigenvalue weighted by molar-refractivity contribution is -0.140. The number of nitrogens with zero attached hydrogens (tertiary/aromatic N) is 2. The van der Waals surface area contributed by atoms with Crippen LogP contribution in [0.25, 0.3) is 0 Å². The maximum atomic E-state index is 14.0. The predicted molar refractivity (Wildman–Crippen MR) is 113 cm³/mol. The number of nitrogens with one attached hydrogen (secondary N) is 3. The van der Waals surface area contributed by atoms with E-state index in [1.165, 1.54) is 0 Å². The molecule has 3 aliphatic heterocycles. The lowest BCUT2D eigenvalue weighted by atomic mass is 9.83. The van der Waals surface area contributed by atoms with Crippen LogP contribution in [-0.4, -0.2) is 94.7 Å². The number of hydrogen-bond acceptors (Lipinski definition) is 6. The van der Waals surface area contributed by atoms with Crippen molar-refractivity contribution in [3.8, 4) is 0 Å². The van der Waals surface area contributed by atoms with Crippen molar-refractivity contribution < 1.29 is 19.1 Å². The second-order valence-corrected chi connectivity index (χ2v) is 10.8. The lowest BCUT2D eigenvalue weighted by Gasteiger charge is -2.38. The zero-order valence-corrected chi connectivity index (χ0v) is 18.7. The van der Waals surface area contributed by atoms with Gasteiger partial charge in [0.15, 0.2) is 0 Å². The van der Waals surface area contributed by atoms with E-state index in [9.17, 15) is 19.1 Å². The molecule has 8 nitrogen and oxygen atoms in total. The molecule has 3 heterocycles. The SMILES string of the molecule is CN(C(=O)C1NNC2CCN(C(=O)C3CC4CC(F)C(Cl)CC4N3)CC21)C1(CO)CC1. The molecular formula is C21H33ClFN5O3. The summed E-state index contributed by atoms with van der Waals surface area (Å²) >= 11 is 6.11. The van der Waals surface area contributed by atoms with E-state index >= 15 is 0 Å². The second kappa shape index (κ2) is 8.09. The van der Waals surface area contributed by atoms with Crippen LogP contribution in [0.3, 0.4) is 0 Å². The summed E-state index contributed by atoms with van der Waals surface area (Å²) in [6.07, 6.45) is 3.06. The minimum absolute atomic E-state index is 0.0201. The summed E-state index contributed by atoms with van der Waals surface area (Å²) in [5.74, 6) is 0.151. The summed E-state index contributed by atoms with van der Waals surface area (Å²) in [4.78, 5) is 30.0. The standard InChI is InChI=1S/C21H33ClFN5O3/c1-27(21(10-29)3-4-21)20(31)18-12-9-28(5-2-15(12)25-26-18)19(30)17-7-11-6-14(23)13(22)8-16(11)24-17/h11-18,24-26,29H,2-10H2,1H3. The number of fused-ring (bicyclic) bond motifs is 2. The van der Waals surface area contributed by atoms with Crippen molar-refractivity contribution in [3.63, 3.8) is 0 Å². The topological polar surface area (TPSA) is 96.9 Å². The number of alkyl halides is 2. The Labute approximate surface area is 187 Å². The molecule has 2 saturated carbocycles. The smallest absolute Gasteiger partial charge is 0.241 e. The number of rotatable bonds is 4. The molecule has 8 atom stereocenters. The number of hydrogen-bond donors (Lipinski definition) is 4. The maximum Gasteiger partial charge on any atom is 0.241 e. The molecule has 8 unspecified atom stereocenters. The van der Waals surface area contributed by atoms with Gasteiger partial charge in [0.25, 0.3) is 0 Å². The van der Waals surface area contributed by atoms with Gasteiger partial charge in [0.05, 0.1) is 23.6 Å². The van der Waals surface area contributed by atoms with E-state index < -0.39 is 23.1 Å². The fourth-order valence-corrected chi connectivity index (χ4v) is 6.40. The molecule has 5 rings (SSSR count). The first-order chi connectivity index (χ1) is 14.8. The van der Waals surface area contributed by atoms with Crippen LogP contribution in [0.15, 0.2) is 0 Å². The summed E-state index contributed by atoms with van der Waals surface area (Å²) in [5, 5.41) is 12.6. The Kier molecular flexibility index (Phi) is 5.70. The molecule has 10 heteroatoms. The molecule has 0 aromatic carbocycles. The monoisotopic (exact) mass is 457 g/mol. The molecule has 31 heavy (non-hydrogen) atoms. The molecule has 0 aromatic rings. The molecule has 4 N–H and O–H groups in total. The highest BCUT2D eigenvalue weighted by atomic mass is 35.5. The first-order valence-corrected chi connectivity index (χ1v) is 12.0. The number of likely N-dealkylation sites (N-methyl/N-ethyl adjacent to an activating group) is 1. The van der Waals surface area contributed by atoms with Gasteiger partial charge in [-0.2, -0.15) is 0 Å². The molecule has 2 amide bonds. The van der Waals surface area contributed by atoms with E-state index in [4.69, 9.17) is 11.6 Å². The van der Waals surface area contributed by atoms with Crippen LogP contribution in [0, 0.1) is 11.8 Å². The van der Waals surface area contributed by atoms with Crippen LogP contribution >= 0.6 is 11.6 Å². The summed E-state index contributed by atoms with van der Waals surface area (Å²) in [6.45, 7) is 1.13. The van der Waals surface area contributed by atoms with Crippen molar-refractivity contribution in [2.75, 3.05) is 26.7 Å². The Bertz CT molecular complexity index is 722. The van der Waals surface area contributed by atoms with Crippen LogP contribution in [0.5, 0.6) is 0 Å². The largest absolute Gasteiger partial charge is 0.394 e. The highest BCUT2D eigenvalue weighted by Crippen LogP contribution is 2.41. The fourth-order valence-electron chi connectivity index (χ4n) is 6.10. The van der Waals surface area contributed by atoms with Gasteiger partial charge in [-0.15, -0.1) is 11.6 Å². The maximum absolute atomic E-state index is 14.0. The van der Waals surface area contributed by atoms with Crippen LogP contribution in [-0.2, 0) is 9.59 Å². The third-order valence-corrected chi connectivity index (χ3v) is 8.92. The number of halogens is 2. The van der Waals surface area contributed by atoms with E-state index in [0.717, 1.165) is 19.3 Å². The summed E-state index contributed by atoms with van der Waals surface area (Å²) in [5.41, 5.74) is 5.98. The fraction of sp³-hybridized carbons (Fsp3) is 0.905. The third kappa shape index (κ3) is 3.76. The zero-order valence-electron chi connectivity index (χ0n) is 17.9. The quantitative estimate of drug-likeness (QED) is 0.435. The third-order valence-electron chi connectivity index (χ3n) is 8.47. The van der Waals surface area contributed by atoms with Crippen LogP contribution in [0.2, 0.25) is 0 Å². The van der Waals surface area contributed by atoms with E-state index in [2.05, 4.69) is 16.2 Å². The molecule has 0 spiro atoms. The highest BCUT2D eigenvalue weighted by Gasteiger charge is 2.53. The van der Waals surface area contributed by atoms with E-state index in [1.807, 2.05) is 4.90 Å². The van der Waals surface area contributed by atoms with Crippen molar-refractivity contribution in [1.82, 2.24) is 26.0 Å². The minimum Gasteiger partial charge on any atom is -0.394 e. The molecule has 5 fully saturated rings. The van der Waals surface area contributed by atoms with E-state index in [-0.39, 0.29) is 48.4 Å². The van der Waals surface area contributed by atoms with Gasteiger partial charge in [0, 0.05) is 38.1 Å². The van der Waals surface area contributed by atoms with Gasteiger partial charge in [-0.25, -0.2) is 9.82 Å². The van der Waals surface area contributed by atoms with Gasteiger partial charge in [-0.1, -0.05) is 0 Å². The average molecular weight is 458 g/mol. The minimum atomic E-state index is -0.998. The van der Waals surface area contributed by atoms with Gasteiger partial charge in [0.2, 0.25) is 11.8 Å². The summed E-state index contributed by atoms with van der Waals surface area (Å²) in [7, 11) is 1.76. The van der Waals surface area contributed by atoms with Crippen LogP contribution in [0.4, 0.5) is 4.39 Å². The highest BCUT2D eigenvalue weighted by molar-refractivity contribution is 6.21. The van der Waals surface area contributed by atoms with Gasteiger partial charge < -0.3 is 20.2 Å². The second-order valence-electron chi connectivity index (χ2n) is 10.2. The van der Waals surface area contributed by atoms with Crippen molar-refractivity contribution in [1.29, 1.82) is 0 Å². The van der Waals surface area contributed by atoms with Crippen LogP contribution < -0.4 is 16.2 Å². The Hall–Kier alpha value is -1.00. The van der Waals surface area contributed by atoms with E-state index in [0.29, 0.717) is 32.4 Å². The number of carbonyl (C=O) groups is 2. The Morgan fingerprint density at radius 2 is 2.00 bits per heavy atom. The average Bonchev–Trinajstić information content (AvgIpc) is 3.30. The van der Waals surface area contributed by atoms with Gasteiger partial charge >= 0.3 is 0 Å². The number of piperidine rings is 1. The first kappa shape index (κ1) is 21.8. The number of aliphatic hydroxyl groups is 1. The molecule has 0 aromatic heterocycles.